The molecule has 1 aromatic rings. The fourth-order valence-corrected chi connectivity index (χ4v) is 1.80. The van der Waals surface area contributed by atoms with Crippen LogP contribution >= 0.6 is 0 Å². The molecular weight excluding hydrogens is 240 g/mol. The maximum Gasteiger partial charge on any atom is 0.328 e. The number of carbonyl (C=O) groups excluding carboxylic acids is 2. The third kappa shape index (κ3) is 4.09. The average Bonchev–Trinajstić information content (AvgIpc) is 2.34. The molecule has 3 amide bonds. The first-order valence-corrected chi connectivity index (χ1v) is 6.68. The summed E-state index contributed by atoms with van der Waals surface area (Å²) < 4.78 is 0. The van der Waals surface area contributed by atoms with Crippen molar-refractivity contribution < 1.29 is 11.0 Å². The predicted octanol–water partition coefficient (Wildman–Crippen LogP) is 3.41. The normalized spacial score (nSPS) is 14.6. The summed E-state index contributed by atoms with van der Waals surface area (Å²) >= 11 is 0. The number of nitrogens with one attached hydrogen (secondary N) is 1. The summed E-state index contributed by atoms with van der Waals surface area (Å²) in [5.41, 5.74) is 3.02. The summed E-state index contributed by atoms with van der Waals surface area (Å²) in [6.45, 7) is 8.64. The molecule has 1 fully saturated rings. The Morgan fingerprint density at radius 1 is 1.26 bits per heavy atom. The second kappa shape index (κ2) is 6.92. The van der Waals surface area contributed by atoms with Gasteiger partial charge in [0.1, 0.15) is 0 Å². The second-order valence-electron chi connectivity index (χ2n) is 4.75. The smallest absolute Gasteiger partial charge is 0.293 e. The number of carbonyl (C=O) groups is 2. The summed E-state index contributed by atoms with van der Waals surface area (Å²) in [6.07, 6.45) is 1.61. The van der Waals surface area contributed by atoms with Crippen molar-refractivity contribution in [2.45, 2.75) is 40.5 Å². The molecule has 1 aliphatic heterocycles. The lowest BCUT2D eigenvalue weighted by Gasteiger charge is -2.28. The molecule has 106 valence electrons. The first-order chi connectivity index (χ1) is 8.99. The third-order valence-electron chi connectivity index (χ3n) is 2.71. The highest BCUT2D eigenvalue weighted by molar-refractivity contribution is 6.05. The van der Waals surface area contributed by atoms with Gasteiger partial charge < -0.3 is 0 Å². The summed E-state index contributed by atoms with van der Waals surface area (Å²) in [5.74, 6) is -0.202. The Morgan fingerprint density at radius 2 is 1.89 bits per heavy atom. The van der Waals surface area contributed by atoms with Gasteiger partial charge in [0, 0.05) is 20.1 Å². The van der Waals surface area contributed by atoms with E-state index in [2.05, 4.69) is 19.2 Å². The molecule has 0 aliphatic carbocycles. The van der Waals surface area contributed by atoms with E-state index in [4.69, 9.17) is 0 Å². The van der Waals surface area contributed by atoms with Crippen LogP contribution in [0.3, 0.4) is 0 Å². The molecule has 0 spiro atoms. The first kappa shape index (κ1) is 15.2. The molecule has 1 heterocycles. The van der Waals surface area contributed by atoms with Crippen LogP contribution in [-0.4, -0.2) is 18.5 Å². The van der Waals surface area contributed by atoms with Gasteiger partial charge in [0.2, 0.25) is 5.91 Å². The Balaban J connectivity index is 0.000000830. The zero-order chi connectivity index (χ0) is 14.4. The largest absolute Gasteiger partial charge is 0.328 e. The Hall–Kier alpha value is -1.84. The van der Waals surface area contributed by atoms with Crippen molar-refractivity contribution in [2.24, 2.45) is 0 Å². The lowest BCUT2D eigenvalue weighted by Crippen LogP contribution is -2.49. The van der Waals surface area contributed by atoms with Crippen molar-refractivity contribution in [1.82, 2.24) is 5.32 Å². The van der Waals surface area contributed by atoms with Crippen molar-refractivity contribution in [1.29, 1.82) is 0 Å². The van der Waals surface area contributed by atoms with E-state index in [9.17, 15) is 9.59 Å². The lowest BCUT2D eigenvalue weighted by molar-refractivity contribution is -0.120. The number of rotatable bonds is 1. The van der Waals surface area contributed by atoms with Gasteiger partial charge in [-0.3, -0.25) is 15.0 Å². The monoisotopic (exact) mass is 264 g/mol. The van der Waals surface area contributed by atoms with E-state index in [1.165, 1.54) is 6.42 Å². The molecule has 0 bridgehead atoms. The molecule has 4 heteroatoms. The summed E-state index contributed by atoms with van der Waals surface area (Å²) in [5, 5.41) is 2.32. The Kier molecular flexibility index (Phi) is 5.55. The van der Waals surface area contributed by atoms with Crippen LogP contribution in [-0.2, 0) is 4.79 Å². The molecule has 19 heavy (non-hydrogen) atoms. The van der Waals surface area contributed by atoms with Crippen LogP contribution in [0, 0.1) is 13.8 Å². The zero-order valence-electron chi connectivity index (χ0n) is 12.1. The number of anilines is 1. The molecule has 1 saturated heterocycles. The standard InChI is InChI=1S/C12H14N2O2.C3H8.H2/c1-8-3-4-9(2)10(7-8)14-6-5-11(15)13-12(14)16;1-3-2;/h3-4,7H,5-6H2,1-2H3,(H,13,15,16);3H2,1-2H3;1H. The van der Waals surface area contributed by atoms with Crippen LogP contribution in [0.5, 0.6) is 0 Å². The molecule has 1 N–H and O–H groups in total. The van der Waals surface area contributed by atoms with E-state index in [1.807, 2.05) is 32.0 Å². The predicted molar refractivity (Wildman–Crippen MR) is 79.5 cm³/mol. The van der Waals surface area contributed by atoms with Crippen molar-refractivity contribution in [3.8, 4) is 0 Å². The number of hydrogen-bond donors (Lipinski definition) is 1. The zero-order valence-corrected chi connectivity index (χ0v) is 12.1. The molecule has 0 aromatic heterocycles. The molecule has 4 nitrogen and oxygen atoms in total. The van der Waals surface area contributed by atoms with Gasteiger partial charge in [0.25, 0.3) is 0 Å². The van der Waals surface area contributed by atoms with Crippen LogP contribution < -0.4 is 10.2 Å². The van der Waals surface area contributed by atoms with Crippen molar-refractivity contribution in [3.63, 3.8) is 0 Å². The van der Waals surface area contributed by atoms with Gasteiger partial charge in [-0.25, -0.2) is 4.79 Å². The minimum Gasteiger partial charge on any atom is -0.293 e. The van der Waals surface area contributed by atoms with E-state index in [-0.39, 0.29) is 13.4 Å². The van der Waals surface area contributed by atoms with Crippen LogP contribution in [0.2, 0.25) is 0 Å². The van der Waals surface area contributed by atoms with Crippen molar-refractivity contribution in [3.05, 3.63) is 29.3 Å². The highest BCUT2D eigenvalue weighted by Gasteiger charge is 2.24. The van der Waals surface area contributed by atoms with Crippen LogP contribution in [0.15, 0.2) is 18.2 Å². The number of imide groups is 1. The van der Waals surface area contributed by atoms with Gasteiger partial charge >= 0.3 is 6.03 Å². The van der Waals surface area contributed by atoms with Crippen LogP contribution in [0.1, 0.15) is 39.2 Å². The minimum atomic E-state index is -0.329. The third-order valence-corrected chi connectivity index (χ3v) is 2.71. The van der Waals surface area contributed by atoms with Crippen LogP contribution in [0.25, 0.3) is 0 Å². The number of hydrogen-bond acceptors (Lipinski definition) is 2. The number of urea groups is 1. The summed E-state index contributed by atoms with van der Waals surface area (Å²) in [4.78, 5) is 24.3. The number of amides is 3. The van der Waals surface area contributed by atoms with Gasteiger partial charge in [-0.1, -0.05) is 32.4 Å². The van der Waals surface area contributed by atoms with E-state index in [1.54, 1.807) is 4.90 Å². The summed E-state index contributed by atoms with van der Waals surface area (Å²) in [6, 6.07) is 5.62. The van der Waals surface area contributed by atoms with Gasteiger partial charge in [-0.05, 0) is 31.0 Å². The molecular formula is C15H24N2O2. The maximum atomic E-state index is 11.7. The second-order valence-corrected chi connectivity index (χ2v) is 4.75. The van der Waals surface area contributed by atoms with Crippen molar-refractivity contribution >= 4 is 17.6 Å². The molecule has 0 radical (unpaired) electrons. The Labute approximate surface area is 116 Å². The van der Waals surface area contributed by atoms with E-state index in [0.29, 0.717) is 13.0 Å². The minimum absolute atomic E-state index is 0. The Bertz CT molecular complexity index is 475. The lowest BCUT2D eigenvalue weighted by atomic mass is 10.1. The molecule has 2 rings (SSSR count). The summed E-state index contributed by atoms with van der Waals surface area (Å²) in [7, 11) is 0. The quantitative estimate of drug-likeness (QED) is 0.845. The molecule has 0 atom stereocenters. The highest BCUT2D eigenvalue weighted by Crippen LogP contribution is 2.23. The number of nitrogens with zero attached hydrogens (tertiary/aromatic N) is 1. The Morgan fingerprint density at radius 3 is 2.47 bits per heavy atom. The van der Waals surface area contributed by atoms with Gasteiger partial charge in [0.05, 0.1) is 0 Å². The molecule has 1 aromatic carbocycles. The van der Waals surface area contributed by atoms with E-state index >= 15 is 0 Å². The molecule has 1 aliphatic rings. The van der Waals surface area contributed by atoms with E-state index in [0.717, 1.165) is 16.8 Å². The SMILES string of the molecule is CCC.Cc1ccc(C)c(N2CCC(=O)NC2=O)c1.[HH]. The fourth-order valence-electron chi connectivity index (χ4n) is 1.80. The fraction of sp³-hybridized carbons (Fsp3) is 0.467. The number of aryl methyl sites for hydroxylation is 2. The topological polar surface area (TPSA) is 49.4 Å². The van der Waals surface area contributed by atoms with Gasteiger partial charge in [-0.2, -0.15) is 0 Å². The van der Waals surface area contributed by atoms with Gasteiger partial charge in [-0.15, -0.1) is 0 Å². The number of benzene rings is 1. The molecule has 0 unspecified atom stereocenters. The van der Waals surface area contributed by atoms with Gasteiger partial charge in [0.15, 0.2) is 0 Å². The maximum absolute atomic E-state index is 11.7. The van der Waals surface area contributed by atoms with Crippen molar-refractivity contribution in [2.75, 3.05) is 11.4 Å². The molecule has 0 saturated carbocycles. The average molecular weight is 264 g/mol. The highest BCUT2D eigenvalue weighted by atomic mass is 16.2. The first-order valence-electron chi connectivity index (χ1n) is 6.68. The van der Waals surface area contributed by atoms with E-state index < -0.39 is 0 Å². The van der Waals surface area contributed by atoms with Crippen LogP contribution in [0.4, 0.5) is 10.5 Å².